The third-order valence-corrected chi connectivity index (χ3v) is 4.63. The first kappa shape index (κ1) is 18.5. The summed E-state index contributed by atoms with van der Waals surface area (Å²) >= 11 is 0. The Bertz CT molecular complexity index is 902. The summed E-state index contributed by atoms with van der Waals surface area (Å²) in [4.78, 5) is 0. The molecule has 0 spiro atoms. The number of hydrogen-bond donors (Lipinski definition) is 1. The smallest absolute Gasteiger partial charge is 0.126 e. The fraction of sp³-hybridized carbons (Fsp3) is 0.130. The molecule has 0 aliphatic heterocycles. The van der Waals surface area contributed by atoms with Gasteiger partial charge >= 0.3 is 0 Å². The van der Waals surface area contributed by atoms with Crippen molar-refractivity contribution in [2.75, 3.05) is 0 Å². The number of aliphatic hydroxyl groups is 1. The number of aliphatic hydroxyl groups excluding tert-OH is 1. The van der Waals surface area contributed by atoms with Crippen molar-refractivity contribution in [2.45, 2.75) is 19.4 Å². The van der Waals surface area contributed by atoms with Crippen molar-refractivity contribution in [1.29, 1.82) is 0 Å². The van der Waals surface area contributed by atoms with Crippen LogP contribution >= 0.6 is 0 Å². The van der Waals surface area contributed by atoms with E-state index in [2.05, 4.69) is 18.2 Å². The number of ether oxygens (including phenoxy) is 1. The second-order valence-corrected chi connectivity index (χ2v) is 6.29. The van der Waals surface area contributed by atoms with Crippen molar-refractivity contribution in [1.82, 2.24) is 0 Å². The summed E-state index contributed by atoms with van der Waals surface area (Å²) in [6.45, 7) is 0.552. The summed E-state index contributed by atoms with van der Waals surface area (Å²) in [7, 11) is 0. The van der Waals surface area contributed by atoms with E-state index in [9.17, 15) is 5.11 Å². The van der Waals surface area contributed by atoms with Crippen molar-refractivity contribution in [2.24, 2.45) is 0 Å². The number of benzene rings is 3. The van der Waals surface area contributed by atoms with Crippen LogP contribution in [-0.2, 0) is 34.1 Å². The first-order valence-electron chi connectivity index (χ1n) is 8.59. The molecular formula is C23H20O2Pt. The number of aryl methyl sites for hydroxylation is 1. The summed E-state index contributed by atoms with van der Waals surface area (Å²) in [6, 6.07) is 26.2. The maximum atomic E-state index is 10.7. The average Bonchev–Trinajstić information content (AvgIpc) is 2.68. The van der Waals surface area contributed by atoms with E-state index in [0.717, 1.165) is 46.4 Å². The van der Waals surface area contributed by atoms with Crippen LogP contribution in [0.4, 0.5) is 0 Å². The van der Waals surface area contributed by atoms with Crippen LogP contribution in [0.25, 0.3) is 11.3 Å². The molecule has 0 radical (unpaired) electrons. The Morgan fingerprint density at radius 3 is 2.23 bits per heavy atom. The van der Waals surface area contributed by atoms with Crippen LogP contribution in [0.2, 0.25) is 0 Å². The monoisotopic (exact) mass is 523 g/mol. The van der Waals surface area contributed by atoms with Gasteiger partial charge in [-0.15, -0.1) is 0 Å². The molecule has 3 aromatic rings. The Morgan fingerprint density at radius 2 is 1.50 bits per heavy atom. The normalized spacial score (nSPS) is 12.9. The van der Waals surface area contributed by atoms with Crippen LogP contribution in [0, 0.1) is 0 Å². The van der Waals surface area contributed by atoms with Crippen LogP contribution in [-0.4, -0.2) is 5.11 Å². The average molecular weight is 523 g/mol. The fourth-order valence-electron chi connectivity index (χ4n) is 3.30. The summed E-state index contributed by atoms with van der Waals surface area (Å²) in [5.74, 6) is 1.24. The first-order valence-corrected chi connectivity index (χ1v) is 8.59. The van der Waals surface area contributed by atoms with E-state index in [4.69, 9.17) is 4.74 Å². The summed E-state index contributed by atoms with van der Waals surface area (Å²) < 4.78 is 5.91. The molecule has 26 heavy (non-hydrogen) atoms. The van der Waals surface area contributed by atoms with Crippen LogP contribution in [0.15, 0.2) is 78.9 Å². The van der Waals surface area contributed by atoms with Crippen LogP contribution < -0.4 is 4.74 Å². The van der Waals surface area contributed by atoms with Crippen molar-refractivity contribution in [3.8, 4) is 5.75 Å². The van der Waals surface area contributed by atoms with E-state index < -0.39 is 0 Å². The zero-order chi connectivity index (χ0) is 17.1. The third kappa shape index (κ3) is 3.92. The minimum Gasteiger partial charge on any atom is -0.507 e. The van der Waals surface area contributed by atoms with Gasteiger partial charge in [-0.1, -0.05) is 60.7 Å². The fourth-order valence-corrected chi connectivity index (χ4v) is 3.30. The molecule has 1 N–H and O–H groups in total. The van der Waals surface area contributed by atoms with Gasteiger partial charge in [0.2, 0.25) is 0 Å². The summed E-state index contributed by atoms with van der Waals surface area (Å²) in [6.07, 6.45) is 1.75. The molecule has 0 atom stereocenters. The maximum Gasteiger partial charge on any atom is 0.126 e. The molecule has 1 aliphatic carbocycles. The van der Waals surface area contributed by atoms with Gasteiger partial charge in [0.1, 0.15) is 18.1 Å². The van der Waals surface area contributed by atoms with Crippen LogP contribution in [0.5, 0.6) is 5.75 Å². The molecule has 3 aromatic carbocycles. The molecule has 0 fully saturated rings. The predicted octanol–water partition coefficient (Wildman–Crippen LogP) is 5.64. The largest absolute Gasteiger partial charge is 0.507 e. The molecule has 0 saturated carbocycles. The third-order valence-electron chi connectivity index (χ3n) is 4.63. The van der Waals surface area contributed by atoms with Gasteiger partial charge in [0.05, 0.1) is 0 Å². The Hall–Kier alpha value is -2.31. The van der Waals surface area contributed by atoms with Crippen molar-refractivity contribution in [3.05, 3.63) is 101 Å². The molecule has 2 nitrogen and oxygen atoms in total. The number of fused-ring (bicyclic) bond motifs is 1. The zero-order valence-electron chi connectivity index (χ0n) is 14.3. The quantitative estimate of drug-likeness (QED) is 0.480. The molecule has 0 amide bonds. The van der Waals surface area contributed by atoms with E-state index in [1.165, 1.54) is 0 Å². The van der Waals surface area contributed by atoms with Crippen LogP contribution in [0.3, 0.4) is 0 Å². The SMILES string of the molecule is OC1=C(c2ccccc2)CCc2cc(OCc3ccccc3)ccc21.[Pt]. The van der Waals surface area contributed by atoms with Gasteiger partial charge in [-0.2, -0.15) is 0 Å². The zero-order valence-corrected chi connectivity index (χ0v) is 16.6. The Labute approximate surface area is 168 Å². The molecule has 0 aromatic heterocycles. The molecule has 1 aliphatic rings. The Kier molecular flexibility index (Phi) is 5.96. The topological polar surface area (TPSA) is 29.5 Å². The second-order valence-electron chi connectivity index (χ2n) is 6.29. The Morgan fingerprint density at radius 1 is 0.808 bits per heavy atom. The van der Waals surface area contributed by atoms with Gasteiger partial charge in [0.25, 0.3) is 0 Å². The van der Waals surface area contributed by atoms with Gasteiger partial charge in [-0.05, 0) is 47.7 Å². The standard InChI is InChI=1S/C23H20O2.Pt/c24-23-21(18-9-5-2-6-10-18)13-11-19-15-20(12-14-22(19)23)25-16-17-7-3-1-4-8-17;/h1-10,12,14-15,24H,11,13,16H2;. The molecule has 0 heterocycles. The molecule has 4 rings (SSSR count). The van der Waals surface area contributed by atoms with E-state index in [-0.39, 0.29) is 21.1 Å². The summed E-state index contributed by atoms with van der Waals surface area (Å²) in [5.41, 5.74) is 5.32. The van der Waals surface area contributed by atoms with Crippen molar-refractivity contribution < 1.29 is 30.9 Å². The maximum absolute atomic E-state index is 10.7. The molecule has 134 valence electrons. The van der Waals surface area contributed by atoms with Crippen LogP contribution in [0.1, 0.15) is 28.7 Å². The van der Waals surface area contributed by atoms with E-state index in [1.807, 2.05) is 60.7 Å². The molecule has 0 bridgehead atoms. The van der Waals surface area contributed by atoms with E-state index in [1.54, 1.807) is 0 Å². The number of rotatable bonds is 4. The van der Waals surface area contributed by atoms with E-state index in [0.29, 0.717) is 12.4 Å². The van der Waals surface area contributed by atoms with Gasteiger partial charge < -0.3 is 9.84 Å². The minimum absolute atomic E-state index is 0. The van der Waals surface area contributed by atoms with Gasteiger partial charge in [-0.3, -0.25) is 0 Å². The van der Waals surface area contributed by atoms with Crippen molar-refractivity contribution in [3.63, 3.8) is 0 Å². The second kappa shape index (κ2) is 8.38. The van der Waals surface area contributed by atoms with Gasteiger partial charge in [0.15, 0.2) is 0 Å². The molecular weight excluding hydrogens is 503 g/mol. The van der Waals surface area contributed by atoms with E-state index >= 15 is 0 Å². The van der Waals surface area contributed by atoms with Gasteiger partial charge in [-0.25, -0.2) is 0 Å². The molecule has 3 heteroatoms. The Balaban J connectivity index is 0.00000196. The molecule has 0 saturated heterocycles. The molecule has 0 unspecified atom stereocenters. The summed E-state index contributed by atoms with van der Waals surface area (Å²) in [5, 5.41) is 10.7. The van der Waals surface area contributed by atoms with Gasteiger partial charge in [0, 0.05) is 32.2 Å². The number of allylic oxidation sites excluding steroid dienone is 1. The van der Waals surface area contributed by atoms with Crippen molar-refractivity contribution >= 4 is 11.3 Å². The number of hydrogen-bond acceptors (Lipinski definition) is 2. The predicted molar refractivity (Wildman–Crippen MR) is 101 cm³/mol. The minimum atomic E-state index is 0. The first-order chi connectivity index (χ1) is 12.3.